The molecule has 0 radical (unpaired) electrons. The van der Waals surface area contributed by atoms with Gasteiger partial charge in [-0.05, 0) is 38.1 Å². The van der Waals surface area contributed by atoms with E-state index in [0.29, 0.717) is 5.56 Å². The second-order valence-corrected chi connectivity index (χ2v) is 6.59. The molecular formula is C12H17BrNO4P. The number of hydrogen-bond donors (Lipinski definition) is 1. The molecule has 0 atom stereocenters. The molecule has 0 saturated heterocycles. The Morgan fingerprint density at radius 3 is 2.21 bits per heavy atom. The fourth-order valence-electron chi connectivity index (χ4n) is 1.39. The molecule has 0 aliphatic carbocycles. The van der Waals surface area contributed by atoms with Gasteiger partial charge < -0.3 is 14.4 Å². The molecule has 1 aromatic rings. The number of carbonyl (C=O) groups excluding carboxylic acids is 1. The number of benzene rings is 1. The molecule has 1 aromatic carbocycles. The Bertz CT molecular complexity index is 453. The van der Waals surface area contributed by atoms with Gasteiger partial charge in [0.1, 0.15) is 6.29 Å². The molecule has 0 unspecified atom stereocenters. The van der Waals surface area contributed by atoms with Crippen molar-refractivity contribution >= 4 is 29.4 Å². The van der Waals surface area contributed by atoms with Crippen LogP contribution >= 0.6 is 23.5 Å². The maximum absolute atomic E-state index is 12.1. The number of hydrogen-bond acceptors (Lipinski definition) is 4. The van der Waals surface area contributed by atoms with Gasteiger partial charge in [-0.1, -0.05) is 15.9 Å². The number of rotatable bonds is 7. The molecule has 5 nitrogen and oxygen atoms in total. The Hall–Kier alpha value is -0.680. The van der Waals surface area contributed by atoms with Crippen molar-refractivity contribution < 1.29 is 18.4 Å². The van der Waals surface area contributed by atoms with Crippen LogP contribution in [-0.4, -0.2) is 25.4 Å². The highest BCUT2D eigenvalue weighted by atomic mass is 79.9. The van der Waals surface area contributed by atoms with Gasteiger partial charge in [0.2, 0.25) is 0 Å². The lowest BCUT2D eigenvalue weighted by Crippen LogP contribution is -2.25. The van der Waals surface area contributed by atoms with Gasteiger partial charge in [-0.2, -0.15) is 0 Å². The zero-order valence-corrected chi connectivity index (χ0v) is 13.4. The van der Waals surface area contributed by atoms with Crippen LogP contribution in [0.1, 0.15) is 24.2 Å². The Balaban J connectivity index is 2.61. The van der Waals surface area contributed by atoms with Crippen LogP contribution < -0.4 is 5.32 Å². The molecule has 1 N–H and O–H groups in total. The fraction of sp³-hybridized carbons (Fsp3) is 0.417. The van der Waals surface area contributed by atoms with Crippen molar-refractivity contribution in [2.45, 2.75) is 13.8 Å². The Morgan fingerprint density at radius 2 is 1.74 bits per heavy atom. The van der Waals surface area contributed by atoms with Crippen molar-refractivity contribution in [3.63, 3.8) is 0 Å². The van der Waals surface area contributed by atoms with Gasteiger partial charge in [0.15, 0.2) is 0 Å². The van der Waals surface area contributed by atoms with Crippen molar-refractivity contribution in [2.24, 2.45) is 0 Å². The van der Waals surface area contributed by atoms with Gasteiger partial charge in [-0.3, -0.25) is 9.36 Å². The molecule has 1 amide bonds. The fourth-order valence-corrected chi connectivity index (χ4v) is 3.04. The van der Waals surface area contributed by atoms with Crippen molar-refractivity contribution in [3.05, 3.63) is 34.3 Å². The number of nitrogens with one attached hydrogen (secondary N) is 1. The van der Waals surface area contributed by atoms with E-state index in [9.17, 15) is 9.36 Å². The summed E-state index contributed by atoms with van der Waals surface area (Å²) in [5.41, 5.74) is 0.489. The maximum Gasteiger partial charge on any atom is 0.349 e. The molecule has 19 heavy (non-hydrogen) atoms. The second kappa shape index (κ2) is 7.80. The number of carbonyl (C=O) groups is 1. The predicted molar refractivity (Wildman–Crippen MR) is 77.3 cm³/mol. The highest BCUT2D eigenvalue weighted by Crippen LogP contribution is 2.46. The lowest BCUT2D eigenvalue weighted by atomic mass is 10.2. The smallest absolute Gasteiger partial charge is 0.340 e. The summed E-state index contributed by atoms with van der Waals surface area (Å²) in [6.45, 7) is 3.99. The van der Waals surface area contributed by atoms with E-state index in [2.05, 4.69) is 21.2 Å². The molecule has 0 aromatic heterocycles. The van der Waals surface area contributed by atoms with E-state index < -0.39 is 7.60 Å². The molecule has 0 saturated carbocycles. The van der Waals surface area contributed by atoms with E-state index in [4.69, 9.17) is 9.05 Å². The summed E-state index contributed by atoms with van der Waals surface area (Å²) in [6.07, 6.45) is -0.135. The van der Waals surface area contributed by atoms with Crippen molar-refractivity contribution in [1.82, 2.24) is 5.32 Å². The minimum Gasteiger partial charge on any atom is -0.340 e. The van der Waals surface area contributed by atoms with Gasteiger partial charge in [0.25, 0.3) is 5.91 Å². The zero-order valence-electron chi connectivity index (χ0n) is 10.9. The van der Waals surface area contributed by atoms with Crippen LogP contribution in [0.15, 0.2) is 28.7 Å². The summed E-state index contributed by atoms with van der Waals surface area (Å²) in [5, 5.41) is 2.56. The molecule has 0 aliphatic rings. The van der Waals surface area contributed by atoms with Crippen LogP contribution in [0.25, 0.3) is 0 Å². The summed E-state index contributed by atoms with van der Waals surface area (Å²) in [5.74, 6) is -0.313. The van der Waals surface area contributed by atoms with Crippen LogP contribution in [0.3, 0.4) is 0 Å². The third-order valence-corrected chi connectivity index (χ3v) is 4.57. The van der Waals surface area contributed by atoms with Crippen molar-refractivity contribution in [1.29, 1.82) is 0 Å². The molecule has 7 heteroatoms. The molecular weight excluding hydrogens is 333 g/mol. The molecule has 106 valence electrons. The van der Waals surface area contributed by atoms with Crippen LogP contribution in [0.5, 0.6) is 0 Å². The third-order valence-electron chi connectivity index (χ3n) is 2.19. The lowest BCUT2D eigenvalue weighted by Gasteiger charge is -2.17. The summed E-state index contributed by atoms with van der Waals surface area (Å²) in [7, 11) is -3.24. The normalized spacial score (nSPS) is 11.3. The minimum absolute atomic E-state index is 0.135. The first-order valence-electron chi connectivity index (χ1n) is 5.92. The van der Waals surface area contributed by atoms with Gasteiger partial charge in [0, 0.05) is 10.0 Å². The van der Waals surface area contributed by atoms with Crippen LogP contribution in [-0.2, 0) is 13.6 Å². The SMILES string of the molecule is CCOP(=O)(CNC(=O)c1ccc(Br)cc1)OCC. The van der Waals surface area contributed by atoms with Crippen LogP contribution in [0, 0.1) is 0 Å². The van der Waals surface area contributed by atoms with E-state index in [1.165, 1.54) is 0 Å². The minimum atomic E-state index is -3.24. The number of halogens is 1. The van der Waals surface area contributed by atoms with Gasteiger partial charge >= 0.3 is 7.60 Å². The third kappa shape index (κ3) is 5.45. The first kappa shape index (κ1) is 16.4. The molecule has 0 spiro atoms. The van der Waals surface area contributed by atoms with Crippen molar-refractivity contribution in [2.75, 3.05) is 19.5 Å². The summed E-state index contributed by atoms with van der Waals surface area (Å²) >= 11 is 3.29. The van der Waals surface area contributed by atoms with Crippen molar-refractivity contribution in [3.8, 4) is 0 Å². The standard InChI is InChI=1S/C12H17BrNO4P/c1-3-17-19(16,18-4-2)9-14-12(15)10-5-7-11(13)8-6-10/h5-8H,3-4,9H2,1-2H3,(H,14,15). The molecule has 0 fully saturated rings. The Morgan fingerprint density at radius 1 is 1.21 bits per heavy atom. The van der Waals surface area contributed by atoms with Crippen LogP contribution in [0.4, 0.5) is 0 Å². The Kier molecular flexibility index (Phi) is 6.72. The summed E-state index contributed by atoms with van der Waals surface area (Å²) < 4.78 is 23.2. The first-order valence-corrected chi connectivity index (χ1v) is 8.44. The topological polar surface area (TPSA) is 64.6 Å². The molecule has 0 aliphatic heterocycles. The average molecular weight is 350 g/mol. The Labute approximate surface area is 121 Å². The first-order chi connectivity index (χ1) is 9.00. The van der Waals surface area contributed by atoms with E-state index in [0.717, 1.165) is 4.47 Å². The zero-order chi connectivity index (χ0) is 14.3. The number of amides is 1. The quantitative estimate of drug-likeness (QED) is 0.766. The van der Waals surface area contributed by atoms with Gasteiger partial charge in [-0.25, -0.2) is 0 Å². The lowest BCUT2D eigenvalue weighted by molar-refractivity contribution is 0.0954. The largest absolute Gasteiger partial charge is 0.349 e. The van der Waals surface area contributed by atoms with Gasteiger partial charge in [0.05, 0.1) is 13.2 Å². The van der Waals surface area contributed by atoms with E-state index in [1.54, 1.807) is 38.1 Å². The molecule has 0 bridgehead atoms. The molecule has 1 rings (SSSR count). The summed E-state index contributed by atoms with van der Waals surface area (Å²) in [6, 6.07) is 6.87. The molecule has 0 heterocycles. The van der Waals surface area contributed by atoms with Gasteiger partial charge in [-0.15, -0.1) is 0 Å². The van der Waals surface area contributed by atoms with Crippen LogP contribution in [0.2, 0.25) is 0 Å². The van der Waals surface area contributed by atoms with E-state index in [-0.39, 0.29) is 25.4 Å². The second-order valence-electron chi connectivity index (χ2n) is 3.62. The maximum atomic E-state index is 12.1. The van der Waals surface area contributed by atoms with E-state index >= 15 is 0 Å². The van der Waals surface area contributed by atoms with E-state index in [1.807, 2.05) is 0 Å². The highest BCUT2D eigenvalue weighted by molar-refractivity contribution is 9.10. The summed E-state index contributed by atoms with van der Waals surface area (Å²) in [4.78, 5) is 11.9. The highest BCUT2D eigenvalue weighted by Gasteiger charge is 2.24. The average Bonchev–Trinajstić information content (AvgIpc) is 2.37. The predicted octanol–water partition coefficient (Wildman–Crippen LogP) is 3.40. The monoisotopic (exact) mass is 349 g/mol.